The summed E-state index contributed by atoms with van der Waals surface area (Å²) in [6, 6.07) is 15.0. The van der Waals surface area contributed by atoms with Gasteiger partial charge in [0.1, 0.15) is 28.7 Å². The van der Waals surface area contributed by atoms with Crippen LogP contribution in [0, 0.1) is 31.4 Å². The Morgan fingerprint density at radius 3 is 2.35 bits per heavy atom. The number of ether oxygens (including phenoxy) is 1. The zero-order valence-corrected chi connectivity index (χ0v) is 40.2. The third-order valence-corrected chi connectivity index (χ3v) is 14.8. The zero-order valence-electron chi connectivity index (χ0n) is 40.2. The first kappa shape index (κ1) is 45.9. The van der Waals surface area contributed by atoms with E-state index in [1.807, 2.05) is 29.4 Å². The summed E-state index contributed by atoms with van der Waals surface area (Å²) in [6.45, 7) is 14.3. The van der Waals surface area contributed by atoms with Gasteiger partial charge in [-0.15, -0.1) is 0 Å². The molecule has 69 heavy (non-hydrogen) atoms. The summed E-state index contributed by atoms with van der Waals surface area (Å²) in [5.41, 5.74) is 3.79. The smallest absolute Gasteiger partial charge is 0.376 e. The molecule has 3 aromatic carbocycles. The molecule has 15 nitrogen and oxygen atoms in total. The van der Waals surface area contributed by atoms with Crippen LogP contribution < -0.4 is 16.8 Å². The van der Waals surface area contributed by atoms with Gasteiger partial charge in [-0.2, -0.15) is 5.10 Å². The lowest BCUT2D eigenvalue weighted by Crippen LogP contribution is -2.47. The number of H-pyrrole nitrogens is 1. The molecule has 2 fully saturated rings. The molecule has 360 valence electrons. The molecule has 6 heterocycles. The summed E-state index contributed by atoms with van der Waals surface area (Å²) in [5, 5.41) is 12.8. The van der Waals surface area contributed by atoms with Gasteiger partial charge in [0.2, 0.25) is 5.91 Å². The lowest BCUT2D eigenvalue weighted by atomic mass is 9.83. The SMILES string of the molecule is CCC[C@H]1c2c(nn(-c3cc(C)c(F)c(C)c3)c2-n2ccn(-c3ccc(CC(=O)NC)c(F)c3)c2=O)C[C@@H](C)N1C(=O)c1cc2cc([C@H]3CCOC(C)(C)C3)ccc2n1[C@@]1(c2noc(=O)[nH]2)C[C@@H]1C. The minimum absolute atomic E-state index is 0.0166. The third-order valence-electron chi connectivity index (χ3n) is 14.8. The zero-order chi connectivity index (χ0) is 48.8. The van der Waals surface area contributed by atoms with Gasteiger partial charge in [-0.3, -0.25) is 28.2 Å². The van der Waals surface area contributed by atoms with Crippen molar-refractivity contribution in [2.24, 2.45) is 5.92 Å². The first-order valence-corrected chi connectivity index (χ1v) is 23.8. The molecule has 0 bridgehead atoms. The Kier molecular flexibility index (Phi) is 11.3. The largest absolute Gasteiger partial charge is 0.438 e. The van der Waals surface area contributed by atoms with Crippen molar-refractivity contribution in [1.29, 1.82) is 0 Å². The van der Waals surface area contributed by atoms with E-state index in [1.54, 1.807) is 49.1 Å². The molecular weight excluding hydrogens is 885 g/mol. The minimum Gasteiger partial charge on any atom is -0.376 e. The summed E-state index contributed by atoms with van der Waals surface area (Å²) in [5.74, 6) is -1.31. The van der Waals surface area contributed by atoms with Crippen molar-refractivity contribution < 1.29 is 27.6 Å². The Hall–Kier alpha value is -6.88. The van der Waals surface area contributed by atoms with Gasteiger partial charge in [0.05, 0.1) is 35.1 Å². The molecule has 0 unspecified atom stereocenters. The number of rotatable bonds is 11. The highest BCUT2D eigenvalue weighted by molar-refractivity contribution is 6.00. The number of halogens is 2. The van der Waals surface area contributed by atoms with Gasteiger partial charge in [0, 0.05) is 55.0 Å². The van der Waals surface area contributed by atoms with Gasteiger partial charge in [0.25, 0.3) is 5.91 Å². The first-order valence-electron chi connectivity index (χ1n) is 23.8. The van der Waals surface area contributed by atoms with Gasteiger partial charge in [-0.1, -0.05) is 37.6 Å². The average Bonchev–Trinajstić information content (AvgIpc) is 3.79. The molecule has 0 radical (unpaired) electrons. The van der Waals surface area contributed by atoms with Crippen molar-refractivity contribution in [3.63, 3.8) is 0 Å². The number of likely N-dealkylation sites (N-methyl/N-ethyl adjacent to an activating group) is 1. The third kappa shape index (κ3) is 7.65. The standard InChI is InChI=1S/C52H57F2N9O6/c1-9-10-41-44-39(57-63(37-19-28(2)45(54)29(3)20-37)46(44)60-17-16-59(50(60)67)36-13-11-33(38(53)25-36)24-43(64)55-8)21-31(5)61(41)47(65)42-23-35-22-32(34-15-18-68-51(6,7)27-34)12-14-40(35)62(42)52(26-30(52)4)48-56-49(66)69-58-48/h11-14,16-17,19-20,22-23,25,30-31,34,41H,9-10,15,18,21,24,26-27H2,1-8H3,(H,55,64)(H,56,58,66)/t30-,31+,34-,41-,52-/m0/s1. The highest BCUT2D eigenvalue weighted by Crippen LogP contribution is 2.56. The molecule has 10 rings (SSSR count). The van der Waals surface area contributed by atoms with E-state index >= 15 is 13.6 Å². The summed E-state index contributed by atoms with van der Waals surface area (Å²) in [7, 11) is 1.48. The van der Waals surface area contributed by atoms with Crippen LogP contribution in [-0.4, -0.2) is 75.6 Å². The van der Waals surface area contributed by atoms with Crippen LogP contribution >= 0.6 is 0 Å². The van der Waals surface area contributed by atoms with Gasteiger partial charge >= 0.3 is 11.4 Å². The fourth-order valence-corrected chi connectivity index (χ4v) is 11.3. The Labute approximate surface area is 397 Å². The van der Waals surface area contributed by atoms with Gasteiger partial charge in [0.15, 0.2) is 5.82 Å². The van der Waals surface area contributed by atoms with Crippen LogP contribution in [-0.2, 0) is 27.9 Å². The summed E-state index contributed by atoms with van der Waals surface area (Å²) >= 11 is 0. The van der Waals surface area contributed by atoms with E-state index in [1.165, 1.54) is 28.3 Å². The Bertz CT molecular complexity index is 3290. The van der Waals surface area contributed by atoms with Crippen LogP contribution in [0.3, 0.4) is 0 Å². The molecule has 7 aromatic rings. The molecule has 0 spiro atoms. The fourth-order valence-electron chi connectivity index (χ4n) is 11.3. The average molecular weight is 942 g/mol. The van der Waals surface area contributed by atoms with E-state index in [0.717, 1.165) is 29.3 Å². The van der Waals surface area contributed by atoms with Gasteiger partial charge in [-0.05, 0) is 137 Å². The second-order valence-electron chi connectivity index (χ2n) is 20.0. The van der Waals surface area contributed by atoms with Crippen LogP contribution in [0.4, 0.5) is 8.78 Å². The number of hydrogen-bond acceptors (Lipinski definition) is 8. The van der Waals surface area contributed by atoms with E-state index in [-0.39, 0.29) is 58.8 Å². The molecule has 2 aliphatic heterocycles. The number of aromatic nitrogens is 7. The number of amides is 2. The summed E-state index contributed by atoms with van der Waals surface area (Å²) in [4.78, 5) is 60.2. The number of fused-ring (bicyclic) bond motifs is 2. The van der Waals surface area contributed by atoms with Crippen molar-refractivity contribution in [2.45, 2.75) is 123 Å². The van der Waals surface area contributed by atoms with Crippen LogP contribution in [0.15, 0.2) is 81.1 Å². The van der Waals surface area contributed by atoms with Crippen molar-refractivity contribution in [3.05, 3.63) is 145 Å². The highest BCUT2D eigenvalue weighted by atomic mass is 19.1. The number of aryl methyl sites for hydroxylation is 2. The van der Waals surface area contributed by atoms with Crippen molar-refractivity contribution in [3.8, 4) is 17.2 Å². The van der Waals surface area contributed by atoms with Crippen molar-refractivity contribution >= 4 is 22.7 Å². The molecule has 2 amide bonds. The highest BCUT2D eigenvalue weighted by Gasteiger charge is 2.59. The topological polar surface area (TPSA) is 167 Å². The lowest BCUT2D eigenvalue weighted by Gasteiger charge is -2.41. The molecule has 1 saturated carbocycles. The number of aromatic amines is 1. The van der Waals surface area contributed by atoms with E-state index in [9.17, 15) is 14.4 Å². The molecule has 5 atom stereocenters. The lowest BCUT2D eigenvalue weighted by molar-refractivity contribution is -0.120. The minimum atomic E-state index is -0.879. The molecule has 3 aliphatic rings. The second-order valence-corrected chi connectivity index (χ2v) is 20.0. The van der Waals surface area contributed by atoms with E-state index in [4.69, 9.17) is 14.4 Å². The Balaban J connectivity index is 1.14. The number of imidazole rings is 1. The van der Waals surface area contributed by atoms with Crippen LogP contribution in [0.25, 0.3) is 28.1 Å². The maximum Gasteiger partial charge on any atom is 0.438 e. The number of carbonyl (C=O) groups excluding carboxylic acids is 2. The normalized spacial score (nSPS) is 22.0. The van der Waals surface area contributed by atoms with Crippen LogP contribution in [0.1, 0.15) is 129 Å². The second kappa shape index (κ2) is 17.0. The quantitative estimate of drug-likeness (QED) is 0.132. The summed E-state index contributed by atoms with van der Waals surface area (Å²) in [6.07, 6.45) is 6.78. The monoisotopic (exact) mass is 941 g/mol. The van der Waals surface area contributed by atoms with E-state index in [2.05, 4.69) is 54.4 Å². The first-order chi connectivity index (χ1) is 32.9. The predicted molar refractivity (Wildman–Crippen MR) is 255 cm³/mol. The molecule has 17 heteroatoms. The van der Waals surface area contributed by atoms with Crippen LogP contribution in [0.2, 0.25) is 0 Å². The maximum absolute atomic E-state index is 16.0. The molecule has 4 aromatic heterocycles. The fraction of sp³-hybridized carbons (Fsp3) is 0.423. The van der Waals surface area contributed by atoms with Crippen molar-refractivity contribution in [1.82, 2.24) is 43.8 Å². The number of nitrogens with zero attached hydrogens (tertiary/aromatic N) is 7. The number of nitrogens with one attached hydrogen (secondary N) is 2. The van der Waals surface area contributed by atoms with Gasteiger partial charge < -0.3 is 19.5 Å². The van der Waals surface area contributed by atoms with Crippen LogP contribution in [0.5, 0.6) is 0 Å². The number of benzene rings is 3. The van der Waals surface area contributed by atoms with Gasteiger partial charge in [-0.25, -0.2) is 23.1 Å². The maximum atomic E-state index is 16.0. The molecule has 1 aliphatic carbocycles. The van der Waals surface area contributed by atoms with E-state index in [0.29, 0.717) is 77.7 Å². The Morgan fingerprint density at radius 2 is 1.70 bits per heavy atom. The van der Waals surface area contributed by atoms with E-state index < -0.39 is 28.8 Å². The molecule has 1 saturated heterocycles. The predicted octanol–water partition coefficient (Wildman–Crippen LogP) is 8.01. The molecule has 2 N–H and O–H groups in total. The Morgan fingerprint density at radius 1 is 0.957 bits per heavy atom. The summed E-state index contributed by atoms with van der Waals surface area (Å²) < 4.78 is 48.4. The van der Waals surface area contributed by atoms with Crippen molar-refractivity contribution in [2.75, 3.05) is 13.7 Å². The molecular formula is C52H57F2N9O6. The number of carbonyl (C=O) groups is 2. The number of hydrogen-bond donors (Lipinski definition) is 2.